The largest absolute Gasteiger partial charge is 0.493 e. The molecule has 0 aromatic heterocycles. The zero-order chi connectivity index (χ0) is 17.4. The van der Waals surface area contributed by atoms with Crippen molar-refractivity contribution in [3.05, 3.63) is 35.9 Å². The van der Waals surface area contributed by atoms with Crippen LogP contribution in [0.3, 0.4) is 0 Å². The molecule has 1 spiro atoms. The van der Waals surface area contributed by atoms with E-state index in [1.807, 2.05) is 12.1 Å². The zero-order valence-corrected chi connectivity index (χ0v) is 14.6. The van der Waals surface area contributed by atoms with Crippen LogP contribution in [0.1, 0.15) is 30.4 Å². The van der Waals surface area contributed by atoms with Gasteiger partial charge in [-0.1, -0.05) is 12.1 Å². The predicted octanol–water partition coefficient (Wildman–Crippen LogP) is 1.40. The van der Waals surface area contributed by atoms with E-state index in [1.165, 1.54) is 5.56 Å². The fourth-order valence-corrected chi connectivity index (χ4v) is 6.14. The molecule has 5 atom stereocenters. The van der Waals surface area contributed by atoms with E-state index in [1.54, 1.807) is 7.11 Å². The van der Waals surface area contributed by atoms with E-state index in [-0.39, 0.29) is 6.04 Å². The average Bonchev–Trinajstić information content (AvgIpc) is 2.96. The first kappa shape index (κ1) is 15.7. The lowest BCUT2D eigenvalue weighted by Gasteiger charge is -2.63. The van der Waals surface area contributed by atoms with Gasteiger partial charge in [0.15, 0.2) is 11.5 Å². The van der Waals surface area contributed by atoms with Crippen LogP contribution in [-0.2, 0) is 11.8 Å². The number of likely N-dealkylation sites (tertiary alicyclic amines) is 1. The van der Waals surface area contributed by atoms with Crippen LogP contribution in [0.15, 0.2) is 24.8 Å². The van der Waals surface area contributed by atoms with Crippen LogP contribution in [0.2, 0.25) is 0 Å². The summed E-state index contributed by atoms with van der Waals surface area (Å²) in [5.41, 5.74) is 0.885. The second kappa shape index (κ2) is 5.00. The highest BCUT2D eigenvalue weighted by atomic mass is 16.5. The molecule has 1 saturated heterocycles. The fourth-order valence-electron chi connectivity index (χ4n) is 6.14. The van der Waals surface area contributed by atoms with Gasteiger partial charge in [-0.3, -0.25) is 4.90 Å². The maximum Gasteiger partial charge on any atom is 0.166 e. The molecule has 2 aliphatic heterocycles. The number of piperidine rings is 1. The Bertz CT molecular complexity index is 749. The summed E-state index contributed by atoms with van der Waals surface area (Å²) in [6.45, 7) is 5.54. The zero-order valence-electron chi connectivity index (χ0n) is 14.6. The lowest BCUT2D eigenvalue weighted by molar-refractivity contribution is -0.206. The molecule has 1 saturated carbocycles. The van der Waals surface area contributed by atoms with Crippen molar-refractivity contribution < 1.29 is 19.7 Å². The number of hydrogen-bond donors (Lipinski definition) is 2. The molecule has 2 N–H and O–H groups in total. The Morgan fingerprint density at radius 1 is 1.44 bits per heavy atom. The van der Waals surface area contributed by atoms with Crippen molar-refractivity contribution in [3.63, 3.8) is 0 Å². The van der Waals surface area contributed by atoms with Crippen LogP contribution in [0.4, 0.5) is 0 Å². The minimum absolute atomic E-state index is 0.0321. The van der Waals surface area contributed by atoms with E-state index in [4.69, 9.17) is 9.47 Å². The Kier molecular flexibility index (Phi) is 3.13. The standard InChI is InChI=1S/C20H25NO4/c1-3-9-21-10-8-19-16-12-4-5-14(24-2)17(16)25-18(19)13(22)6-7-20(19,23)15(21)11-12/h3-5,13,15,18,22-23H,1,6-11H2,2H3/t13?,15?,18?,19-,20+/m1/s1. The van der Waals surface area contributed by atoms with E-state index in [9.17, 15) is 10.2 Å². The second-order valence-corrected chi connectivity index (χ2v) is 7.92. The van der Waals surface area contributed by atoms with Crippen LogP contribution in [0.5, 0.6) is 11.5 Å². The summed E-state index contributed by atoms with van der Waals surface area (Å²) in [6, 6.07) is 4.09. The van der Waals surface area contributed by atoms with Crippen LogP contribution in [-0.4, -0.2) is 59.2 Å². The van der Waals surface area contributed by atoms with Crippen molar-refractivity contribution in [3.8, 4) is 11.5 Å². The number of aliphatic hydroxyl groups excluding tert-OH is 1. The molecule has 25 heavy (non-hydrogen) atoms. The first-order valence-corrected chi connectivity index (χ1v) is 9.19. The number of benzene rings is 1. The van der Waals surface area contributed by atoms with E-state index < -0.39 is 23.2 Å². The highest BCUT2D eigenvalue weighted by Crippen LogP contribution is 2.65. The molecule has 0 amide bonds. The third-order valence-corrected chi connectivity index (χ3v) is 7.11. The number of nitrogens with zero attached hydrogens (tertiary/aromatic N) is 1. The van der Waals surface area contributed by atoms with Gasteiger partial charge in [0, 0.05) is 18.2 Å². The van der Waals surface area contributed by atoms with Gasteiger partial charge in [-0.2, -0.15) is 0 Å². The van der Waals surface area contributed by atoms with Gasteiger partial charge < -0.3 is 19.7 Å². The number of hydrogen-bond acceptors (Lipinski definition) is 5. The summed E-state index contributed by atoms with van der Waals surface area (Å²) < 4.78 is 11.8. The fraction of sp³-hybridized carbons (Fsp3) is 0.600. The van der Waals surface area contributed by atoms with Gasteiger partial charge in [0.05, 0.1) is 24.2 Å². The average molecular weight is 343 g/mol. The molecular formula is C20H25NO4. The number of ether oxygens (including phenoxy) is 2. The number of methoxy groups -OCH3 is 1. The Labute approximate surface area is 147 Å². The SMILES string of the molecule is C=CCN1CC[C@@]23c4c5ccc(OC)c4OC2C(O)CC[C@]3(O)C1C5. The van der Waals surface area contributed by atoms with E-state index in [0.717, 1.165) is 37.2 Å². The lowest BCUT2D eigenvalue weighted by Crippen LogP contribution is -2.77. The molecule has 2 bridgehead atoms. The summed E-state index contributed by atoms with van der Waals surface area (Å²) in [7, 11) is 1.64. The van der Waals surface area contributed by atoms with Crippen molar-refractivity contribution >= 4 is 0 Å². The topological polar surface area (TPSA) is 62.2 Å². The van der Waals surface area contributed by atoms with Gasteiger partial charge in [-0.15, -0.1) is 6.58 Å². The van der Waals surface area contributed by atoms with Crippen LogP contribution in [0, 0.1) is 0 Å². The van der Waals surface area contributed by atoms with Gasteiger partial charge in [-0.25, -0.2) is 0 Å². The Morgan fingerprint density at radius 2 is 2.28 bits per heavy atom. The summed E-state index contributed by atoms with van der Waals surface area (Å²) in [6.07, 6.45) is 3.69. The second-order valence-electron chi connectivity index (χ2n) is 7.92. The lowest BCUT2D eigenvalue weighted by atomic mass is 9.48. The number of rotatable bonds is 3. The van der Waals surface area contributed by atoms with Gasteiger partial charge >= 0.3 is 0 Å². The molecule has 5 heteroatoms. The first-order valence-electron chi connectivity index (χ1n) is 9.19. The smallest absolute Gasteiger partial charge is 0.166 e. The van der Waals surface area contributed by atoms with Crippen LogP contribution in [0.25, 0.3) is 0 Å². The molecule has 5 rings (SSSR count). The Hall–Kier alpha value is -1.56. The molecule has 0 radical (unpaired) electrons. The van der Waals surface area contributed by atoms with Gasteiger partial charge in [-0.05, 0) is 43.9 Å². The number of aliphatic hydroxyl groups is 2. The van der Waals surface area contributed by atoms with Crippen molar-refractivity contribution in [2.45, 2.75) is 54.9 Å². The maximum absolute atomic E-state index is 12.0. The van der Waals surface area contributed by atoms with Crippen molar-refractivity contribution in [1.29, 1.82) is 0 Å². The van der Waals surface area contributed by atoms with Gasteiger partial charge in [0.25, 0.3) is 0 Å². The Balaban J connectivity index is 1.77. The summed E-state index contributed by atoms with van der Waals surface area (Å²) in [5.74, 6) is 1.43. The minimum Gasteiger partial charge on any atom is -0.493 e. The third kappa shape index (κ3) is 1.65. The summed E-state index contributed by atoms with van der Waals surface area (Å²) in [4.78, 5) is 2.35. The molecule has 2 heterocycles. The highest BCUT2D eigenvalue weighted by Gasteiger charge is 2.72. The normalized spacial score (nSPS) is 41.0. The third-order valence-electron chi connectivity index (χ3n) is 7.11. The van der Waals surface area contributed by atoms with Crippen LogP contribution >= 0.6 is 0 Å². The Morgan fingerprint density at radius 3 is 3.04 bits per heavy atom. The molecule has 134 valence electrons. The van der Waals surface area contributed by atoms with Gasteiger partial charge in [0.1, 0.15) is 6.10 Å². The summed E-state index contributed by atoms with van der Waals surface area (Å²) in [5, 5.41) is 22.7. The highest BCUT2D eigenvalue weighted by molar-refractivity contribution is 5.62. The van der Waals surface area contributed by atoms with Crippen LogP contribution < -0.4 is 9.47 Å². The quantitative estimate of drug-likeness (QED) is 0.813. The molecule has 3 unspecified atom stereocenters. The molecule has 2 fully saturated rings. The monoisotopic (exact) mass is 343 g/mol. The minimum atomic E-state index is -0.886. The van der Waals surface area contributed by atoms with Crippen molar-refractivity contribution in [2.24, 2.45) is 0 Å². The molecular weight excluding hydrogens is 318 g/mol. The molecule has 2 aliphatic carbocycles. The molecule has 5 nitrogen and oxygen atoms in total. The van der Waals surface area contributed by atoms with E-state index in [0.29, 0.717) is 18.6 Å². The first-order chi connectivity index (χ1) is 12.1. The van der Waals surface area contributed by atoms with Crippen molar-refractivity contribution in [1.82, 2.24) is 4.90 Å². The van der Waals surface area contributed by atoms with Gasteiger partial charge in [0.2, 0.25) is 0 Å². The van der Waals surface area contributed by atoms with E-state index in [2.05, 4.69) is 17.5 Å². The predicted molar refractivity (Wildman–Crippen MR) is 93.2 cm³/mol. The summed E-state index contributed by atoms with van der Waals surface area (Å²) >= 11 is 0. The molecule has 1 aromatic carbocycles. The maximum atomic E-state index is 12.0. The molecule has 1 aromatic rings. The molecule has 4 aliphatic rings. The van der Waals surface area contributed by atoms with E-state index >= 15 is 0 Å². The van der Waals surface area contributed by atoms with Crippen molar-refractivity contribution in [2.75, 3.05) is 20.2 Å².